The molecule has 1 aromatic rings. The minimum atomic E-state index is -2.88. The minimum absolute atomic E-state index is 0.0228. The van der Waals surface area contributed by atoms with Crippen molar-refractivity contribution in [2.24, 2.45) is 5.41 Å². The Labute approximate surface area is 118 Å². The topological polar surface area (TPSA) is 38.3 Å². The fourth-order valence-corrected chi connectivity index (χ4v) is 2.34. The van der Waals surface area contributed by atoms with Gasteiger partial charge in [0.1, 0.15) is 10.1 Å². The summed E-state index contributed by atoms with van der Waals surface area (Å²) < 4.78 is 27.1. The molecule has 104 valence electrons. The molecule has 1 aromatic carbocycles. The van der Waals surface area contributed by atoms with E-state index in [9.17, 15) is 13.6 Å². The summed E-state index contributed by atoms with van der Waals surface area (Å²) in [4.78, 5) is 11.9. The molecule has 1 atom stereocenters. The molecule has 0 saturated heterocycles. The molecule has 7 heteroatoms. The number of nitrogens with one attached hydrogen (secondary N) is 1. The predicted octanol–water partition coefficient (Wildman–Crippen LogP) is 3.81. The molecule has 1 aliphatic carbocycles. The maximum atomic E-state index is 12.0. The monoisotopic (exact) mass is 309 g/mol. The fourth-order valence-electron chi connectivity index (χ4n) is 1.63. The molecule has 0 aromatic heterocycles. The summed E-state index contributed by atoms with van der Waals surface area (Å²) in [5.74, 6) is -0.283. The normalized spacial score (nSPS) is 24.1. The molecule has 0 aliphatic heterocycles. The number of anilines is 1. The van der Waals surface area contributed by atoms with E-state index < -0.39 is 16.4 Å². The molecule has 0 bridgehead atoms. The summed E-state index contributed by atoms with van der Waals surface area (Å²) in [6, 6.07) is 5.61. The van der Waals surface area contributed by atoms with Crippen LogP contribution in [0.5, 0.6) is 5.75 Å². The highest BCUT2D eigenvalue weighted by atomic mass is 35.5. The van der Waals surface area contributed by atoms with Gasteiger partial charge in [-0.3, -0.25) is 4.79 Å². The van der Waals surface area contributed by atoms with Gasteiger partial charge in [-0.1, -0.05) is 0 Å². The van der Waals surface area contributed by atoms with Gasteiger partial charge in [-0.15, -0.1) is 23.2 Å². The molecular formula is C12H11Cl2F2NO2. The molecule has 0 spiro atoms. The molecule has 3 nitrogen and oxygen atoms in total. The average Bonchev–Trinajstić information content (AvgIpc) is 2.82. The largest absolute Gasteiger partial charge is 0.435 e. The van der Waals surface area contributed by atoms with Gasteiger partial charge in [-0.2, -0.15) is 8.78 Å². The van der Waals surface area contributed by atoms with Crippen LogP contribution in [0, 0.1) is 5.41 Å². The highest BCUT2D eigenvalue weighted by molar-refractivity contribution is 6.53. The Kier molecular flexibility index (Phi) is 3.62. The molecule has 1 fully saturated rings. The van der Waals surface area contributed by atoms with Crippen LogP contribution in [0.2, 0.25) is 0 Å². The van der Waals surface area contributed by atoms with Crippen LogP contribution in [0.3, 0.4) is 0 Å². The number of alkyl halides is 4. The van der Waals surface area contributed by atoms with Crippen LogP contribution in [0.1, 0.15) is 13.3 Å². The van der Waals surface area contributed by atoms with Crippen molar-refractivity contribution in [2.75, 3.05) is 5.32 Å². The molecule has 1 N–H and O–H groups in total. The Morgan fingerprint density at radius 1 is 1.37 bits per heavy atom. The summed E-state index contributed by atoms with van der Waals surface area (Å²) in [5, 5.41) is 2.63. The first kappa shape index (κ1) is 14.3. The molecule has 1 amide bonds. The van der Waals surface area contributed by atoms with E-state index in [-0.39, 0.29) is 11.7 Å². The van der Waals surface area contributed by atoms with E-state index in [1.807, 2.05) is 0 Å². The lowest BCUT2D eigenvalue weighted by Gasteiger charge is -2.13. The van der Waals surface area contributed by atoms with Crippen molar-refractivity contribution in [3.63, 3.8) is 0 Å². The fraction of sp³-hybridized carbons (Fsp3) is 0.417. The third-order valence-electron chi connectivity index (χ3n) is 3.10. The third kappa shape index (κ3) is 2.92. The molecule has 2 rings (SSSR count). The van der Waals surface area contributed by atoms with Crippen molar-refractivity contribution in [1.82, 2.24) is 0 Å². The smallest absolute Gasteiger partial charge is 0.387 e. The van der Waals surface area contributed by atoms with Crippen molar-refractivity contribution >= 4 is 34.8 Å². The number of amides is 1. The Balaban J connectivity index is 1.99. The second-order valence-electron chi connectivity index (χ2n) is 4.57. The molecule has 0 unspecified atom stereocenters. The number of benzene rings is 1. The lowest BCUT2D eigenvalue weighted by molar-refractivity contribution is -0.120. The highest BCUT2D eigenvalue weighted by Gasteiger charge is 2.67. The van der Waals surface area contributed by atoms with E-state index in [0.717, 1.165) is 0 Å². The number of ether oxygens (including phenoxy) is 1. The van der Waals surface area contributed by atoms with E-state index in [1.54, 1.807) is 6.92 Å². The van der Waals surface area contributed by atoms with Crippen molar-refractivity contribution in [3.05, 3.63) is 24.3 Å². The average molecular weight is 310 g/mol. The second kappa shape index (κ2) is 4.80. The zero-order valence-electron chi connectivity index (χ0n) is 9.92. The van der Waals surface area contributed by atoms with Gasteiger partial charge < -0.3 is 10.1 Å². The van der Waals surface area contributed by atoms with Crippen LogP contribution in [0.25, 0.3) is 0 Å². The zero-order chi connectivity index (χ0) is 14.3. The first-order chi connectivity index (χ1) is 8.74. The summed E-state index contributed by atoms with van der Waals surface area (Å²) in [7, 11) is 0. The summed E-state index contributed by atoms with van der Waals surface area (Å²) >= 11 is 11.8. The van der Waals surface area contributed by atoms with Gasteiger partial charge in [0.05, 0.1) is 5.41 Å². The maximum Gasteiger partial charge on any atom is 0.387 e. The second-order valence-corrected chi connectivity index (χ2v) is 6.05. The Morgan fingerprint density at radius 2 is 1.89 bits per heavy atom. The van der Waals surface area contributed by atoms with Crippen LogP contribution >= 0.6 is 23.2 Å². The first-order valence-corrected chi connectivity index (χ1v) is 6.24. The Morgan fingerprint density at radius 3 is 2.32 bits per heavy atom. The lowest BCUT2D eigenvalue weighted by Crippen LogP contribution is -2.25. The molecule has 19 heavy (non-hydrogen) atoms. The minimum Gasteiger partial charge on any atom is -0.435 e. The highest BCUT2D eigenvalue weighted by Crippen LogP contribution is 2.64. The van der Waals surface area contributed by atoms with Gasteiger partial charge >= 0.3 is 6.61 Å². The molecule has 0 radical (unpaired) electrons. The number of hydrogen-bond acceptors (Lipinski definition) is 2. The molecule has 1 saturated carbocycles. The SMILES string of the molecule is C[C@@]1(C(=O)Nc2ccc(OC(F)F)cc2)CC1(Cl)Cl. The lowest BCUT2D eigenvalue weighted by atomic mass is 10.1. The summed E-state index contributed by atoms with van der Waals surface area (Å²) in [6.45, 7) is -1.21. The number of hydrogen-bond donors (Lipinski definition) is 1. The van der Waals surface area contributed by atoms with Crippen LogP contribution < -0.4 is 10.1 Å². The quantitative estimate of drug-likeness (QED) is 0.859. The van der Waals surface area contributed by atoms with E-state index in [2.05, 4.69) is 10.1 Å². The standard InChI is InChI=1S/C12H11Cl2F2NO2/c1-11(6-12(11,13)14)9(18)17-7-2-4-8(5-3-7)19-10(15)16/h2-5,10H,6H2,1H3,(H,17,18)/t11-/m0/s1. The Bertz CT molecular complexity index is 493. The van der Waals surface area contributed by atoms with Crippen molar-refractivity contribution in [3.8, 4) is 5.75 Å². The zero-order valence-corrected chi connectivity index (χ0v) is 11.4. The van der Waals surface area contributed by atoms with Gasteiger partial charge in [0.25, 0.3) is 0 Å². The van der Waals surface area contributed by atoms with E-state index >= 15 is 0 Å². The first-order valence-electron chi connectivity index (χ1n) is 5.49. The van der Waals surface area contributed by atoms with Gasteiger partial charge in [0, 0.05) is 5.69 Å². The Hall–Kier alpha value is -1.07. The van der Waals surface area contributed by atoms with Gasteiger partial charge in [0.2, 0.25) is 5.91 Å². The van der Waals surface area contributed by atoms with Gasteiger partial charge in [-0.25, -0.2) is 0 Å². The van der Waals surface area contributed by atoms with Crippen molar-refractivity contribution in [2.45, 2.75) is 24.3 Å². The molecule has 0 heterocycles. The summed E-state index contributed by atoms with van der Waals surface area (Å²) in [5.41, 5.74) is -0.363. The van der Waals surface area contributed by atoms with Crippen LogP contribution in [-0.2, 0) is 4.79 Å². The third-order valence-corrected chi connectivity index (χ3v) is 4.20. The van der Waals surface area contributed by atoms with Crippen LogP contribution in [-0.4, -0.2) is 16.9 Å². The van der Waals surface area contributed by atoms with Crippen LogP contribution in [0.4, 0.5) is 14.5 Å². The van der Waals surface area contributed by atoms with E-state index in [1.165, 1.54) is 24.3 Å². The number of halogens is 4. The van der Waals surface area contributed by atoms with Crippen molar-refractivity contribution < 1.29 is 18.3 Å². The van der Waals surface area contributed by atoms with Crippen LogP contribution in [0.15, 0.2) is 24.3 Å². The van der Waals surface area contributed by atoms with E-state index in [4.69, 9.17) is 23.2 Å². The van der Waals surface area contributed by atoms with Gasteiger partial charge in [0.15, 0.2) is 0 Å². The molecule has 1 aliphatic rings. The maximum absolute atomic E-state index is 12.0. The molecular weight excluding hydrogens is 299 g/mol. The number of rotatable bonds is 4. The van der Waals surface area contributed by atoms with E-state index in [0.29, 0.717) is 12.1 Å². The predicted molar refractivity (Wildman–Crippen MR) is 68.9 cm³/mol. The van der Waals surface area contributed by atoms with Gasteiger partial charge in [-0.05, 0) is 37.6 Å². The summed E-state index contributed by atoms with van der Waals surface area (Å²) in [6.07, 6.45) is 0.377. The van der Waals surface area contributed by atoms with Crippen molar-refractivity contribution in [1.29, 1.82) is 0 Å². The number of carbonyl (C=O) groups is 1. The number of carbonyl (C=O) groups excluding carboxylic acids is 1.